The van der Waals surface area contributed by atoms with Crippen molar-refractivity contribution in [2.45, 2.75) is 6.18 Å². The Hall–Kier alpha value is -3.02. The standard InChI is InChI=1S/C16H12F3N5O3S/c1-28(25)5-4-26-13-6-10(16(17,18)19)9-2-3-12-21-11(15-23-20-8-27-15)7-24(12)14(9)22-13/h2-3,6-8H,4-5H2,1H3. The van der Waals surface area contributed by atoms with Crippen LogP contribution in [-0.2, 0) is 17.0 Å². The van der Waals surface area contributed by atoms with E-state index in [4.69, 9.17) is 9.15 Å². The number of pyridine rings is 2. The molecule has 4 aromatic heterocycles. The number of ether oxygens (including phenoxy) is 1. The largest absolute Gasteiger partial charge is 0.477 e. The van der Waals surface area contributed by atoms with Crippen LogP contribution in [0.2, 0.25) is 0 Å². The van der Waals surface area contributed by atoms with Gasteiger partial charge in [-0.25, -0.2) is 4.98 Å². The molecular formula is C16H12F3N5O3S. The number of hydrogen-bond acceptors (Lipinski definition) is 7. The first-order chi connectivity index (χ1) is 13.3. The van der Waals surface area contributed by atoms with Gasteiger partial charge >= 0.3 is 6.18 Å². The molecule has 0 spiro atoms. The van der Waals surface area contributed by atoms with Gasteiger partial charge in [-0.3, -0.25) is 8.61 Å². The van der Waals surface area contributed by atoms with Crippen LogP contribution >= 0.6 is 0 Å². The van der Waals surface area contributed by atoms with Crippen LogP contribution in [0.3, 0.4) is 0 Å². The summed E-state index contributed by atoms with van der Waals surface area (Å²) in [6, 6.07) is 3.58. The van der Waals surface area contributed by atoms with E-state index in [1.54, 1.807) is 0 Å². The van der Waals surface area contributed by atoms with E-state index >= 15 is 0 Å². The number of fused-ring (bicyclic) bond motifs is 3. The summed E-state index contributed by atoms with van der Waals surface area (Å²) < 4.78 is 63.7. The Morgan fingerprint density at radius 1 is 1.29 bits per heavy atom. The number of alkyl halides is 3. The molecule has 0 aromatic carbocycles. The van der Waals surface area contributed by atoms with Gasteiger partial charge in [0.15, 0.2) is 0 Å². The molecule has 8 nitrogen and oxygen atoms in total. The van der Waals surface area contributed by atoms with Gasteiger partial charge in [-0.15, -0.1) is 10.2 Å². The molecule has 0 saturated carbocycles. The Labute approximate surface area is 157 Å². The van der Waals surface area contributed by atoms with Crippen LogP contribution in [0.5, 0.6) is 5.88 Å². The van der Waals surface area contributed by atoms with E-state index in [1.165, 1.54) is 29.0 Å². The van der Waals surface area contributed by atoms with Crippen molar-refractivity contribution in [2.75, 3.05) is 18.6 Å². The Kier molecular flexibility index (Phi) is 4.49. The third-order valence-electron chi connectivity index (χ3n) is 3.88. The van der Waals surface area contributed by atoms with Crippen LogP contribution in [0, 0.1) is 0 Å². The first-order valence-corrected chi connectivity index (χ1v) is 9.65. The summed E-state index contributed by atoms with van der Waals surface area (Å²) in [5.74, 6) is 0.0917. The third-order valence-corrected chi connectivity index (χ3v) is 4.62. The molecule has 0 fully saturated rings. The smallest absolute Gasteiger partial charge is 0.417 e. The van der Waals surface area contributed by atoms with Gasteiger partial charge < -0.3 is 9.15 Å². The zero-order valence-electron chi connectivity index (χ0n) is 14.3. The van der Waals surface area contributed by atoms with Crippen LogP contribution in [0.1, 0.15) is 5.56 Å². The predicted molar refractivity (Wildman–Crippen MR) is 93.2 cm³/mol. The lowest BCUT2D eigenvalue weighted by Gasteiger charge is -2.13. The maximum absolute atomic E-state index is 13.6. The first kappa shape index (κ1) is 18.3. The molecule has 12 heteroatoms. The summed E-state index contributed by atoms with van der Waals surface area (Å²) in [6.45, 7) is -0.0218. The van der Waals surface area contributed by atoms with Crippen molar-refractivity contribution in [1.82, 2.24) is 24.6 Å². The summed E-state index contributed by atoms with van der Waals surface area (Å²) in [5, 5.41) is 7.20. The minimum absolute atomic E-state index is 0.0122. The maximum Gasteiger partial charge on any atom is 0.417 e. The molecule has 0 N–H and O–H groups in total. The molecule has 1 unspecified atom stereocenters. The van der Waals surface area contributed by atoms with Crippen LogP contribution in [0.15, 0.2) is 35.2 Å². The highest BCUT2D eigenvalue weighted by molar-refractivity contribution is 7.84. The van der Waals surface area contributed by atoms with Crippen molar-refractivity contribution in [3.05, 3.63) is 36.4 Å². The fourth-order valence-corrected chi connectivity index (χ4v) is 2.98. The van der Waals surface area contributed by atoms with Crippen LogP contribution in [-0.4, -0.2) is 47.4 Å². The highest BCUT2D eigenvalue weighted by Gasteiger charge is 2.34. The quantitative estimate of drug-likeness (QED) is 0.498. The second kappa shape index (κ2) is 6.86. The zero-order chi connectivity index (χ0) is 19.9. The summed E-state index contributed by atoms with van der Waals surface area (Å²) in [6.07, 6.45) is -0.548. The normalized spacial score (nSPS) is 13.3. The topological polar surface area (TPSA) is 95.4 Å². The highest BCUT2D eigenvalue weighted by atomic mass is 32.2. The molecule has 146 valence electrons. The molecule has 4 rings (SSSR count). The Morgan fingerprint density at radius 2 is 2.11 bits per heavy atom. The number of rotatable bonds is 5. The fourth-order valence-electron chi connectivity index (χ4n) is 2.67. The molecule has 0 aliphatic heterocycles. The Balaban J connectivity index is 1.89. The molecule has 0 saturated heterocycles. The average Bonchev–Trinajstić information content (AvgIpc) is 3.29. The van der Waals surface area contributed by atoms with Gasteiger partial charge in [-0.2, -0.15) is 18.2 Å². The summed E-state index contributed by atoms with van der Waals surface area (Å²) in [7, 11) is -1.14. The van der Waals surface area contributed by atoms with Crippen LogP contribution in [0.25, 0.3) is 28.3 Å². The highest BCUT2D eigenvalue weighted by Crippen LogP contribution is 2.36. The molecule has 0 radical (unpaired) electrons. The van der Waals surface area contributed by atoms with Gasteiger partial charge in [0.2, 0.25) is 12.3 Å². The van der Waals surface area contributed by atoms with Gasteiger partial charge in [0.05, 0.1) is 11.3 Å². The van der Waals surface area contributed by atoms with Gasteiger partial charge in [-0.1, -0.05) is 0 Å². The lowest BCUT2D eigenvalue weighted by molar-refractivity contribution is -0.136. The van der Waals surface area contributed by atoms with Gasteiger partial charge in [0.25, 0.3) is 5.89 Å². The molecule has 4 heterocycles. The fraction of sp³-hybridized carbons (Fsp3) is 0.250. The van der Waals surface area contributed by atoms with E-state index < -0.39 is 22.5 Å². The summed E-state index contributed by atoms with van der Waals surface area (Å²) >= 11 is 0. The number of hydrogen-bond donors (Lipinski definition) is 0. The molecule has 0 amide bonds. The second-order valence-electron chi connectivity index (χ2n) is 5.80. The predicted octanol–water partition coefficient (Wildman–Crippen LogP) is 2.71. The zero-order valence-corrected chi connectivity index (χ0v) is 15.1. The van der Waals surface area contributed by atoms with Crippen molar-refractivity contribution in [3.63, 3.8) is 0 Å². The van der Waals surface area contributed by atoms with Crippen molar-refractivity contribution in [1.29, 1.82) is 0 Å². The van der Waals surface area contributed by atoms with E-state index in [0.717, 1.165) is 12.5 Å². The Bertz CT molecular complexity index is 1170. The molecule has 28 heavy (non-hydrogen) atoms. The van der Waals surface area contributed by atoms with Crippen molar-refractivity contribution in [2.24, 2.45) is 0 Å². The molecular weight excluding hydrogens is 399 g/mol. The first-order valence-electron chi connectivity index (χ1n) is 7.92. The van der Waals surface area contributed by atoms with E-state index in [-0.39, 0.29) is 35.2 Å². The monoisotopic (exact) mass is 411 g/mol. The second-order valence-corrected chi connectivity index (χ2v) is 7.36. The molecule has 4 aromatic rings. The van der Waals surface area contributed by atoms with Gasteiger partial charge in [-0.05, 0) is 12.1 Å². The minimum atomic E-state index is -4.61. The average molecular weight is 411 g/mol. The molecule has 0 aliphatic carbocycles. The minimum Gasteiger partial charge on any atom is -0.477 e. The summed E-state index contributed by atoms with van der Waals surface area (Å²) in [5.41, 5.74) is -0.223. The van der Waals surface area contributed by atoms with Crippen LogP contribution < -0.4 is 4.74 Å². The van der Waals surface area contributed by atoms with E-state index in [9.17, 15) is 17.4 Å². The lowest BCUT2D eigenvalue weighted by Crippen LogP contribution is -2.11. The number of imidazole rings is 1. The van der Waals surface area contributed by atoms with Gasteiger partial charge in [0, 0.05) is 34.7 Å². The van der Waals surface area contributed by atoms with Gasteiger partial charge in [0.1, 0.15) is 23.6 Å². The van der Waals surface area contributed by atoms with Crippen LogP contribution in [0.4, 0.5) is 13.2 Å². The number of halogens is 3. The number of aromatic nitrogens is 5. The molecule has 0 bridgehead atoms. The molecule has 1 atom stereocenters. The van der Waals surface area contributed by atoms with E-state index in [2.05, 4.69) is 20.2 Å². The summed E-state index contributed by atoms with van der Waals surface area (Å²) in [4.78, 5) is 8.48. The SMILES string of the molecule is CS(=O)CCOc1cc(C(F)(F)F)c2ccc3nc(-c4nnco4)cn3c2n1. The van der Waals surface area contributed by atoms with Crippen molar-refractivity contribution in [3.8, 4) is 17.5 Å². The van der Waals surface area contributed by atoms with Crippen molar-refractivity contribution >= 4 is 27.5 Å². The third kappa shape index (κ3) is 3.42. The Morgan fingerprint density at radius 3 is 2.79 bits per heavy atom. The molecule has 0 aliphatic rings. The number of nitrogens with zero attached hydrogens (tertiary/aromatic N) is 5. The van der Waals surface area contributed by atoms with E-state index in [0.29, 0.717) is 11.3 Å². The maximum atomic E-state index is 13.6. The lowest BCUT2D eigenvalue weighted by atomic mass is 10.1. The van der Waals surface area contributed by atoms with Crippen molar-refractivity contribution < 1.29 is 26.5 Å². The van der Waals surface area contributed by atoms with E-state index in [1.807, 2.05) is 0 Å².